The van der Waals surface area contributed by atoms with Gasteiger partial charge in [0, 0.05) is 28.6 Å². The van der Waals surface area contributed by atoms with Crippen molar-refractivity contribution in [2.45, 2.75) is 95.4 Å². The highest BCUT2D eigenvalue weighted by Crippen LogP contribution is 2.60. The summed E-state index contributed by atoms with van der Waals surface area (Å²) < 4.78 is 13.4. The van der Waals surface area contributed by atoms with Crippen LogP contribution in [0.25, 0.3) is 10.9 Å². The number of aromatic nitrogens is 1. The van der Waals surface area contributed by atoms with Gasteiger partial charge in [-0.05, 0) is 80.7 Å². The molecule has 0 aliphatic carbocycles. The number of hydrogen-bond acceptors (Lipinski definition) is 5. The molecule has 45 heavy (non-hydrogen) atoms. The van der Waals surface area contributed by atoms with E-state index >= 15 is 0 Å². The zero-order chi connectivity index (χ0) is 32.9. The smallest absolute Gasteiger partial charge is 0.416 e. The van der Waals surface area contributed by atoms with Gasteiger partial charge in [-0.25, -0.2) is 4.79 Å². The number of benzene rings is 2. The first-order valence-electron chi connectivity index (χ1n) is 15.5. The molecule has 240 valence electrons. The minimum atomic E-state index is -2.24. The van der Waals surface area contributed by atoms with Crippen molar-refractivity contribution in [1.82, 2.24) is 14.8 Å². The lowest BCUT2D eigenvalue weighted by molar-refractivity contribution is -0.161. The molecule has 0 bridgehead atoms. The molecule has 3 aromatic rings. The van der Waals surface area contributed by atoms with Crippen LogP contribution in [0, 0.1) is 0 Å². The van der Waals surface area contributed by atoms with Crippen LogP contribution in [0.15, 0.2) is 53.1 Å². The third-order valence-corrected chi connectivity index (χ3v) is 15.2. The molecule has 1 N–H and O–H groups in total. The molecular formula is C34H43BrN4O5Si. The van der Waals surface area contributed by atoms with E-state index in [1.807, 2.05) is 63.4 Å². The first-order chi connectivity index (χ1) is 20.9. The highest BCUT2D eigenvalue weighted by Gasteiger charge is 2.68. The number of nitrogens with one attached hydrogen (secondary N) is 1. The Kier molecular flexibility index (Phi) is 7.38. The van der Waals surface area contributed by atoms with Gasteiger partial charge in [-0.1, -0.05) is 54.9 Å². The summed E-state index contributed by atoms with van der Waals surface area (Å²) in [6.07, 6.45) is 0.900. The molecule has 3 amide bonds. The third-order valence-electron chi connectivity index (χ3n) is 10.2. The summed E-state index contributed by atoms with van der Waals surface area (Å²) in [7, 11) is -0.541. The Bertz CT molecular complexity index is 1710. The standard InChI is InChI=1S/C34H43BrN4O5Si/c1-32(2,3)44-31(42)39-25-13-11-10-12-22(25)34(23-18-36-24-15-14-20(35)16-21(23)24)17-26-28(40)37(7)27(29(41)38(26)30(34)39)19-43-45(8,9)33(4,5)6/h10-16,18,26-27,30,36H,17,19H2,1-9H3/t26-,27+,30-,34+/m0/s1. The van der Waals surface area contributed by atoms with Crippen molar-refractivity contribution >= 4 is 58.7 Å². The van der Waals surface area contributed by atoms with Crippen LogP contribution in [0.2, 0.25) is 18.1 Å². The fourth-order valence-electron chi connectivity index (χ4n) is 6.96. The number of carbonyl (C=O) groups excluding carboxylic acids is 3. The first-order valence-corrected chi connectivity index (χ1v) is 19.2. The molecule has 4 heterocycles. The number of anilines is 1. The number of amides is 3. The number of nitrogens with zero attached hydrogens (tertiary/aromatic N) is 3. The Hall–Kier alpha value is -3.15. The zero-order valence-electron chi connectivity index (χ0n) is 27.5. The zero-order valence-corrected chi connectivity index (χ0v) is 30.1. The second kappa shape index (κ2) is 10.4. The van der Waals surface area contributed by atoms with Crippen LogP contribution in [0.4, 0.5) is 10.5 Å². The maximum atomic E-state index is 14.8. The maximum absolute atomic E-state index is 14.8. The van der Waals surface area contributed by atoms with Gasteiger partial charge in [0.05, 0.1) is 17.7 Å². The summed E-state index contributed by atoms with van der Waals surface area (Å²) in [4.78, 5) is 51.5. The number of carbonyl (C=O) groups is 3. The number of hydrogen-bond donors (Lipinski definition) is 1. The molecule has 0 spiro atoms. The number of aromatic amines is 1. The molecule has 3 aliphatic rings. The molecule has 2 fully saturated rings. The Labute approximate surface area is 274 Å². The first kappa shape index (κ1) is 31.8. The number of para-hydroxylation sites is 1. The van der Waals surface area contributed by atoms with Crippen LogP contribution in [0.5, 0.6) is 0 Å². The Morgan fingerprint density at radius 2 is 1.73 bits per heavy atom. The van der Waals surface area contributed by atoms with E-state index in [1.54, 1.807) is 21.7 Å². The predicted octanol–water partition coefficient (Wildman–Crippen LogP) is 6.76. The topological polar surface area (TPSA) is 95.2 Å². The van der Waals surface area contributed by atoms with Gasteiger partial charge < -0.3 is 23.9 Å². The van der Waals surface area contributed by atoms with Gasteiger partial charge in [0.2, 0.25) is 11.8 Å². The number of rotatable bonds is 4. The number of H-pyrrole nitrogens is 1. The van der Waals surface area contributed by atoms with Crippen LogP contribution >= 0.6 is 15.9 Å². The van der Waals surface area contributed by atoms with Crippen molar-refractivity contribution in [3.8, 4) is 0 Å². The highest BCUT2D eigenvalue weighted by atomic mass is 79.9. The van der Waals surface area contributed by atoms with E-state index in [9.17, 15) is 14.4 Å². The Morgan fingerprint density at radius 3 is 2.40 bits per heavy atom. The molecule has 11 heteroatoms. The van der Waals surface area contributed by atoms with Crippen LogP contribution < -0.4 is 4.90 Å². The van der Waals surface area contributed by atoms with E-state index < -0.39 is 43.7 Å². The van der Waals surface area contributed by atoms with E-state index in [1.165, 1.54) is 0 Å². The third kappa shape index (κ3) is 4.84. The van der Waals surface area contributed by atoms with Crippen LogP contribution in [-0.4, -0.2) is 78.5 Å². The second-order valence-electron chi connectivity index (χ2n) is 15.1. The van der Waals surface area contributed by atoms with E-state index in [0.717, 1.165) is 26.5 Å². The maximum Gasteiger partial charge on any atom is 0.416 e. The van der Waals surface area contributed by atoms with E-state index in [2.05, 4.69) is 60.8 Å². The summed E-state index contributed by atoms with van der Waals surface area (Å²) >= 11 is 3.64. The van der Waals surface area contributed by atoms with Gasteiger partial charge >= 0.3 is 6.09 Å². The summed E-state index contributed by atoms with van der Waals surface area (Å²) in [5.41, 5.74) is 1.73. The fourth-order valence-corrected chi connectivity index (χ4v) is 8.33. The normalized spacial score (nSPS) is 25.1. The minimum absolute atomic E-state index is 0.0666. The van der Waals surface area contributed by atoms with Crippen molar-refractivity contribution in [2.24, 2.45) is 0 Å². The monoisotopic (exact) mass is 694 g/mol. The van der Waals surface area contributed by atoms with Crippen molar-refractivity contribution in [3.63, 3.8) is 0 Å². The molecule has 0 unspecified atom stereocenters. The SMILES string of the molecule is CN1C(=O)[C@@H]2C[C@]3(c4c[nH]c5ccc(Br)cc45)c4ccccc4N(C(=O)OC(C)(C)C)[C@@H]3N2C(=O)[C@H]1CO[Si](C)(C)C(C)(C)C. The molecule has 0 radical (unpaired) electrons. The van der Waals surface area contributed by atoms with Crippen molar-refractivity contribution in [1.29, 1.82) is 0 Å². The molecule has 2 aromatic carbocycles. The van der Waals surface area contributed by atoms with Crippen LogP contribution in [0.3, 0.4) is 0 Å². The highest BCUT2D eigenvalue weighted by molar-refractivity contribution is 9.10. The average molecular weight is 696 g/mol. The van der Waals surface area contributed by atoms with Crippen molar-refractivity contribution in [3.05, 3.63) is 64.3 Å². The van der Waals surface area contributed by atoms with E-state index in [4.69, 9.17) is 9.16 Å². The number of halogens is 1. The van der Waals surface area contributed by atoms with E-state index in [-0.39, 0.29) is 23.5 Å². The second-order valence-corrected chi connectivity index (χ2v) is 20.8. The van der Waals surface area contributed by atoms with Gasteiger partial charge in [-0.15, -0.1) is 0 Å². The van der Waals surface area contributed by atoms with Gasteiger partial charge in [-0.3, -0.25) is 14.5 Å². The average Bonchev–Trinajstić information content (AvgIpc) is 3.58. The van der Waals surface area contributed by atoms with Gasteiger partial charge in [0.1, 0.15) is 23.9 Å². The van der Waals surface area contributed by atoms with Crippen LogP contribution in [0.1, 0.15) is 59.1 Å². The lowest BCUT2D eigenvalue weighted by Crippen LogP contribution is -2.67. The summed E-state index contributed by atoms with van der Waals surface area (Å²) in [6.45, 7) is 16.3. The summed E-state index contributed by atoms with van der Waals surface area (Å²) in [5.74, 6) is -0.384. The molecule has 6 rings (SSSR count). The van der Waals surface area contributed by atoms with Crippen molar-refractivity contribution < 1.29 is 23.5 Å². The van der Waals surface area contributed by atoms with Gasteiger partial charge in [-0.2, -0.15) is 0 Å². The van der Waals surface area contributed by atoms with Crippen LogP contribution in [-0.2, 0) is 24.2 Å². The van der Waals surface area contributed by atoms with E-state index in [0.29, 0.717) is 12.1 Å². The van der Waals surface area contributed by atoms with Gasteiger partial charge in [0.15, 0.2) is 8.32 Å². The molecule has 3 aliphatic heterocycles. The summed E-state index contributed by atoms with van der Waals surface area (Å²) in [5, 5.41) is 0.893. The lowest BCUT2D eigenvalue weighted by Gasteiger charge is -2.46. The molecule has 1 aromatic heterocycles. The number of fused-ring (bicyclic) bond motifs is 6. The van der Waals surface area contributed by atoms with Gasteiger partial charge in [0.25, 0.3) is 0 Å². The predicted molar refractivity (Wildman–Crippen MR) is 181 cm³/mol. The quantitative estimate of drug-likeness (QED) is 0.305. The number of piperazine rings is 1. The lowest BCUT2D eigenvalue weighted by atomic mass is 9.72. The molecular weight excluding hydrogens is 652 g/mol. The molecule has 0 saturated carbocycles. The Morgan fingerprint density at radius 1 is 1.04 bits per heavy atom. The molecule has 9 nitrogen and oxygen atoms in total. The molecule has 4 atom stereocenters. The summed E-state index contributed by atoms with van der Waals surface area (Å²) in [6, 6.07) is 12.2. The van der Waals surface area contributed by atoms with Crippen molar-refractivity contribution in [2.75, 3.05) is 18.6 Å². The number of ether oxygens (including phenoxy) is 1. The fraction of sp³-hybridized carbons (Fsp3) is 0.500. The largest absolute Gasteiger partial charge is 0.443 e. The number of likely N-dealkylation sites (N-methyl/N-ethyl adjacent to an activating group) is 1. The minimum Gasteiger partial charge on any atom is -0.443 e. The Balaban J connectivity index is 1.55. The molecule has 2 saturated heterocycles.